The fourth-order valence-electron chi connectivity index (χ4n) is 2.26. The van der Waals surface area contributed by atoms with E-state index in [0.717, 1.165) is 5.69 Å². The number of hydrogen-bond donors (Lipinski definition) is 0. The van der Waals surface area contributed by atoms with Crippen LogP contribution in [0, 0.1) is 0 Å². The zero-order valence-electron chi connectivity index (χ0n) is 13.3. The molecule has 24 heavy (non-hydrogen) atoms. The maximum absolute atomic E-state index is 12.5. The fraction of sp³-hybridized carbons (Fsp3) is 0.176. The maximum Gasteiger partial charge on any atom is 0.214 e. The van der Waals surface area contributed by atoms with Crippen molar-refractivity contribution in [1.82, 2.24) is 20.2 Å². The van der Waals surface area contributed by atoms with Crippen LogP contribution in [0.2, 0.25) is 0 Å². The number of hydrogen-bond acceptors (Lipinski definition) is 6. The quantitative estimate of drug-likeness (QED) is 0.507. The second kappa shape index (κ2) is 7.27. The number of ether oxygens (including phenoxy) is 1. The number of Topliss-reactive ketones (excluding diaryl/α,β-unsaturated/α-hetero) is 1. The van der Waals surface area contributed by atoms with Gasteiger partial charge in [-0.2, -0.15) is 4.68 Å². The highest BCUT2D eigenvalue weighted by Gasteiger charge is 2.21. The van der Waals surface area contributed by atoms with E-state index in [4.69, 9.17) is 4.74 Å². The van der Waals surface area contributed by atoms with Gasteiger partial charge in [0.2, 0.25) is 5.16 Å². The SMILES string of the molecule is COc1ccccc1-n1nnnc1SC(C)C(=O)c1ccccc1. The highest BCUT2D eigenvalue weighted by Crippen LogP contribution is 2.28. The van der Waals surface area contributed by atoms with Crippen LogP contribution in [0.25, 0.3) is 5.69 Å². The van der Waals surface area contributed by atoms with Crippen LogP contribution in [0.5, 0.6) is 5.75 Å². The van der Waals surface area contributed by atoms with E-state index in [0.29, 0.717) is 16.5 Å². The van der Waals surface area contributed by atoms with E-state index in [9.17, 15) is 4.79 Å². The van der Waals surface area contributed by atoms with E-state index in [1.165, 1.54) is 11.8 Å². The Labute approximate surface area is 143 Å². The molecule has 0 aliphatic carbocycles. The number of methoxy groups -OCH3 is 1. The minimum atomic E-state index is -0.313. The Morgan fingerprint density at radius 2 is 1.83 bits per heavy atom. The van der Waals surface area contributed by atoms with Crippen LogP contribution in [0.4, 0.5) is 0 Å². The summed E-state index contributed by atoms with van der Waals surface area (Å²) in [7, 11) is 1.59. The lowest BCUT2D eigenvalue weighted by atomic mass is 10.1. The minimum absolute atomic E-state index is 0.0372. The smallest absolute Gasteiger partial charge is 0.214 e. The van der Waals surface area contributed by atoms with E-state index in [2.05, 4.69) is 15.5 Å². The van der Waals surface area contributed by atoms with E-state index in [1.807, 2.05) is 61.5 Å². The lowest BCUT2D eigenvalue weighted by Gasteiger charge is -2.12. The normalized spacial score (nSPS) is 11.9. The molecule has 0 aliphatic heterocycles. The molecule has 0 saturated heterocycles. The largest absolute Gasteiger partial charge is 0.494 e. The third-order valence-corrected chi connectivity index (χ3v) is 4.50. The molecule has 0 radical (unpaired) electrons. The van der Waals surface area contributed by atoms with E-state index >= 15 is 0 Å². The number of para-hydroxylation sites is 2. The average Bonchev–Trinajstić information content (AvgIpc) is 3.09. The van der Waals surface area contributed by atoms with Crippen molar-refractivity contribution in [2.75, 3.05) is 7.11 Å². The predicted molar refractivity (Wildman–Crippen MR) is 91.8 cm³/mol. The number of carbonyl (C=O) groups excluding carboxylic acids is 1. The van der Waals surface area contributed by atoms with Crippen LogP contribution in [0.3, 0.4) is 0 Å². The molecule has 1 unspecified atom stereocenters. The van der Waals surface area contributed by atoms with Crippen LogP contribution in [-0.2, 0) is 0 Å². The van der Waals surface area contributed by atoms with Crippen molar-refractivity contribution < 1.29 is 9.53 Å². The molecule has 1 atom stereocenters. The molecule has 1 aromatic heterocycles. The first-order chi connectivity index (χ1) is 11.7. The summed E-state index contributed by atoms with van der Waals surface area (Å²) < 4.78 is 6.93. The summed E-state index contributed by atoms with van der Waals surface area (Å²) in [5.74, 6) is 0.698. The molecular formula is C17H16N4O2S. The number of aromatic nitrogens is 4. The Bertz CT molecular complexity index is 835. The topological polar surface area (TPSA) is 69.9 Å². The van der Waals surface area contributed by atoms with Gasteiger partial charge in [0, 0.05) is 5.56 Å². The summed E-state index contributed by atoms with van der Waals surface area (Å²) >= 11 is 1.32. The van der Waals surface area contributed by atoms with Crippen molar-refractivity contribution in [3.8, 4) is 11.4 Å². The molecule has 3 aromatic rings. The number of rotatable bonds is 6. The van der Waals surface area contributed by atoms with Crippen LogP contribution in [0.1, 0.15) is 17.3 Å². The monoisotopic (exact) mass is 340 g/mol. The lowest BCUT2D eigenvalue weighted by molar-refractivity contribution is 0.0994. The van der Waals surface area contributed by atoms with Gasteiger partial charge in [0.1, 0.15) is 11.4 Å². The maximum atomic E-state index is 12.5. The van der Waals surface area contributed by atoms with Crippen molar-refractivity contribution in [1.29, 1.82) is 0 Å². The Morgan fingerprint density at radius 3 is 2.58 bits per heavy atom. The van der Waals surface area contributed by atoms with Gasteiger partial charge in [-0.3, -0.25) is 4.79 Å². The molecule has 0 amide bonds. The highest BCUT2D eigenvalue weighted by molar-refractivity contribution is 8.00. The highest BCUT2D eigenvalue weighted by atomic mass is 32.2. The first kappa shape index (κ1) is 16.2. The molecule has 2 aromatic carbocycles. The number of nitrogens with zero attached hydrogens (tertiary/aromatic N) is 4. The standard InChI is InChI=1S/C17H16N4O2S/c1-12(16(22)13-8-4-3-5-9-13)24-17-18-19-20-21(17)14-10-6-7-11-15(14)23-2/h3-12H,1-2H3. The number of tetrazole rings is 1. The molecule has 3 rings (SSSR count). The molecule has 0 saturated carbocycles. The van der Waals surface area contributed by atoms with Gasteiger partial charge in [0.25, 0.3) is 0 Å². The van der Waals surface area contributed by atoms with Gasteiger partial charge in [0.05, 0.1) is 12.4 Å². The second-order valence-corrected chi connectivity index (χ2v) is 6.34. The molecular weight excluding hydrogens is 324 g/mol. The third kappa shape index (κ3) is 3.30. The molecule has 122 valence electrons. The van der Waals surface area contributed by atoms with Crippen LogP contribution >= 0.6 is 11.8 Å². The Hall–Kier alpha value is -2.67. The summed E-state index contributed by atoms with van der Waals surface area (Å²) in [6, 6.07) is 16.7. The summed E-state index contributed by atoms with van der Waals surface area (Å²) in [4.78, 5) is 12.5. The first-order valence-corrected chi connectivity index (χ1v) is 8.26. The zero-order valence-corrected chi connectivity index (χ0v) is 14.1. The molecule has 1 heterocycles. The number of benzene rings is 2. The first-order valence-electron chi connectivity index (χ1n) is 7.38. The molecule has 6 nitrogen and oxygen atoms in total. The summed E-state index contributed by atoms with van der Waals surface area (Å²) in [5, 5.41) is 12.0. The molecule has 0 bridgehead atoms. The summed E-state index contributed by atoms with van der Waals surface area (Å²) in [6.45, 7) is 1.85. The van der Waals surface area contributed by atoms with Crippen molar-refractivity contribution in [3.05, 3.63) is 60.2 Å². The lowest BCUT2D eigenvalue weighted by Crippen LogP contribution is -2.14. The Morgan fingerprint density at radius 1 is 1.12 bits per heavy atom. The summed E-state index contributed by atoms with van der Waals surface area (Å²) in [5.41, 5.74) is 1.40. The van der Waals surface area contributed by atoms with E-state index in [-0.39, 0.29) is 11.0 Å². The van der Waals surface area contributed by atoms with Crippen molar-refractivity contribution >= 4 is 17.5 Å². The summed E-state index contributed by atoms with van der Waals surface area (Å²) in [6.07, 6.45) is 0. The number of ketones is 1. The average molecular weight is 340 g/mol. The minimum Gasteiger partial charge on any atom is -0.494 e. The molecule has 0 fully saturated rings. The molecule has 0 aliphatic rings. The zero-order chi connectivity index (χ0) is 16.9. The van der Waals surface area contributed by atoms with Crippen LogP contribution in [-0.4, -0.2) is 38.4 Å². The van der Waals surface area contributed by atoms with Crippen LogP contribution in [0.15, 0.2) is 59.8 Å². The second-order valence-electron chi connectivity index (χ2n) is 5.04. The Balaban J connectivity index is 1.85. The van der Waals surface area contributed by atoms with Gasteiger partial charge >= 0.3 is 0 Å². The van der Waals surface area contributed by atoms with Gasteiger partial charge in [-0.1, -0.05) is 54.2 Å². The van der Waals surface area contributed by atoms with E-state index < -0.39 is 0 Å². The Kier molecular flexibility index (Phi) is 4.90. The van der Waals surface area contributed by atoms with Gasteiger partial charge in [-0.05, 0) is 29.5 Å². The van der Waals surface area contributed by atoms with Gasteiger partial charge in [-0.25, -0.2) is 0 Å². The van der Waals surface area contributed by atoms with Crippen molar-refractivity contribution in [3.63, 3.8) is 0 Å². The predicted octanol–water partition coefficient (Wildman–Crippen LogP) is 3.03. The van der Waals surface area contributed by atoms with Gasteiger partial charge in [0.15, 0.2) is 5.78 Å². The van der Waals surface area contributed by atoms with E-state index in [1.54, 1.807) is 11.8 Å². The van der Waals surface area contributed by atoms with Crippen molar-refractivity contribution in [2.24, 2.45) is 0 Å². The fourth-order valence-corrected chi connectivity index (χ4v) is 3.13. The van der Waals surface area contributed by atoms with Crippen LogP contribution < -0.4 is 4.74 Å². The number of thioether (sulfide) groups is 1. The van der Waals surface area contributed by atoms with Crippen molar-refractivity contribution in [2.45, 2.75) is 17.3 Å². The molecule has 7 heteroatoms. The molecule has 0 spiro atoms. The van der Waals surface area contributed by atoms with Gasteiger partial charge in [-0.15, -0.1) is 5.10 Å². The van der Waals surface area contributed by atoms with Gasteiger partial charge < -0.3 is 4.74 Å². The molecule has 0 N–H and O–H groups in total. The number of carbonyl (C=O) groups is 1. The third-order valence-electron chi connectivity index (χ3n) is 3.46.